The molecule has 1 aromatic rings. The number of carbonyl (C=O) groups excluding carboxylic acids is 1. The lowest BCUT2D eigenvalue weighted by Gasteiger charge is -2.12. The molecule has 0 saturated heterocycles. The van der Waals surface area contributed by atoms with Gasteiger partial charge in [0.05, 0.1) is 6.42 Å². The summed E-state index contributed by atoms with van der Waals surface area (Å²) in [4.78, 5) is 23.8. The number of amides is 1. The first kappa shape index (κ1) is 15.0. The Balaban J connectivity index is 2.31. The van der Waals surface area contributed by atoms with Crippen LogP contribution in [0, 0.1) is 0 Å². The number of carboxylic acid groups (broad SMARTS) is 1. The number of carboxylic acids is 1. The van der Waals surface area contributed by atoms with E-state index in [9.17, 15) is 9.59 Å². The molecule has 19 heavy (non-hydrogen) atoms. The Morgan fingerprint density at radius 1 is 1.16 bits per heavy atom. The topological polar surface area (TPSA) is 69.6 Å². The Kier molecular flexibility index (Phi) is 5.85. The van der Waals surface area contributed by atoms with Gasteiger partial charge in [0, 0.05) is 32.7 Å². The molecule has 0 saturated carbocycles. The maximum Gasteiger partial charge on any atom is 0.305 e. The average Bonchev–Trinajstić information content (AvgIpc) is 2.36. The molecule has 5 heteroatoms. The third-order valence-corrected chi connectivity index (χ3v) is 2.75. The molecule has 2 N–H and O–H groups in total. The molecule has 0 aliphatic carbocycles. The number of carbonyl (C=O) groups is 2. The fraction of sp³-hybridized carbons (Fsp3) is 0.429. The third-order valence-electron chi connectivity index (χ3n) is 2.75. The van der Waals surface area contributed by atoms with Crippen LogP contribution >= 0.6 is 0 Å². The van der Waals surface area contributed by atoms with Crippen LogP contribution in [0.2, 0.25) is 0 Å². The zero-order valence-electron chi connectivity index (χ0n) is 11.3. The van der Waals surface area contributed by atoms with Crippen molar-refractivity contribution in [3.05, 3.63) is 29.8 Å². The highest BCUT2D eigenvalue weighted by Crippen LogP contribution is 2.13. The van der Waals surface area contributed by atoms with E-state index >= 15 is 0 Å². The van der Waals surface area contributed by atoms with Crippen molar-refractivity contribution in [2.75, 3.05) is 25.5 Å². The van der Waals surface area contributed by atoms with Gasteiger partial charge in [-0.3, -0.25) is 9.59 Å². The highest BCUT2D eigenvalue weighted by atomic mass is 16.4. The molecule has 0 aromatic heterocycles. The van der Waals surface area contributed by atoms with E-state index in [1.54, 1.807) is 0 Å². The van der Waals surface area contributed by atoms with E-state index in [-0.39, 0.29) is 18.9 Å². The predicted molar refractivity (Wildman–Crippen MR) is 74.4 cm³/mol. The van der Waals surface area contributed by atoms with Crippen molar-refractivity contribution >= 4 is 17.6 Å². The van der Waals surface area contributed by atoms with Crippen molar-refractivity contribution in [3.8, 4) is 0 Å². The Labute approximate surface area is 113 Å². The summed E-state index contributed by atoms with van der Waals surface area (Å²) in [6, 6.07) is 8.02. The Morgan fingerprint density at radius 3 is 2.32 bits per heavy atom. The van der Waals surface area contributed by atoms with Crippen molar-refractivity contribution in [2.45, 2.75) is 19.3 Å². The molecule has 1 amide bonds. The Hall–Kier alpha value is -2.04. The molecule has 0 aliphatic rings. The molecule has 0 bridgehead atoms. The van der Waals surface area contributed by atoms with Crippen LogP contribution < -0.4 is 10.2 Å². The number of aliphatic carboxylic acids is 1. The second-order valence-electron chi connectivity index (χ2n) is 4.55. The highest BCUT2D eigenvalue weighted by Gasteiger charge is 2.04. The molecule has 0 spiro atoms. The second kappa shape index (κ2) is 7.41. The fourth-order valence-corrected chi connectivity index (χ4v) is 1.62. The molecule has 0 fully saturated rings. The summed E-state index contributed by atoms with van der Waals surface area (Å²) in [5.74, 6) is -1.02. The van der Waals surface area contributed by atoms with Gasteiger partial charge in [0.1, 0.15) is 0 Å². The lowest BCUT2D eigenvalue weighted by Crippen LogP contribution is -2.26. The molecule has 0 aliphatic heterocycles. The van der Waals surface area contributed by atoms with Crippen LogP contribution in [0.25, 0.3) is 0 Å². The zero-order valence-corrected chi connectivity index (χ0v) is 11.3. The number of benzene rings is 1. The molecule has 104 valence electrons. The summed E-state index contributed by atoms with van der Waals surface area (Å²) in [7, 11) is 3.95. The summed E-state index contributed by atoms with van der Waals surface area (Å²) in [5.41, 5.74) is 2.22. The summed E-state index contributed by atoms with van der Waals surface area (Å²) >= 11 is 0. The van der Waals surface area contributed by atoms with Crippen molar-refractivity contribution in [3.63, 3.8) is 0 Å². The largest absolute Gasteiger partial charge is 0.481 e. The van der Waals surface area contributed by atoms with Crippen LogP contribution in [0.4, 0.5) is 5.69 Å². The van der Waals surface area contributed by atoms with Crippen molar-refractivity contribution < 1.29 is 14.7 Å². The zero-order chi connectivity index (χ0) is 14.3. The fourth-order valence-electron chi connectivity index (χ4n) is 1.62. The maximum absolute atomic E-state index is 11.5. The van der Waals surface area contributed by atoms with Crippen LogP contribution in [0.3, 0.4) is 0 Å². The predicted octanol–water partition coefficient (Wildman–Crippen LogP) is 1.28. The standard InChI is InChI=1S/C14H20N2O3/c1-16(2)12-6-3-11(4-7-12)5-8-13(17)15-10-9-14(18)19/h3-4,6-7H,5,8-10H2,1-2H3,(H,15,17)(H,18,19). The highest BCUT2D eigenvalue weighted by molar-refractivity contribution is 5.77. The first-order chi connectivity index (χ1) is 8.99. The monoisotopic (exact) mass is 264 g/mol. The number of aryl methyl sites for hydroxylation is 1. The average molecular weight is 264 g/mol. The molecule has 1 rings (SSSR count). The number of rotatable bonds is 7. The molecule has 0 heterocycles. The summed E-state index contributed by atoms with van der Waals surface area (Å²) < 4.78 is 0. The Morgan fingerprint density at radius 2 is 1.79 bits per heavy atom. The van der Waals surface area contributed by atoms with Gasteiger partial charge in [-0.25, -0.2) is 0 Å². The number of nitrogens with zero attached hydrogens (tertiary/aromatic N) is 1. The van der Waals surface area contributed by atoms with Crippen LogP contribution in [0.1, 0.15) is 18.4 Å². The van der Waals surface area contributed by atoms with Gasteiger partial charge >= 0.3 is 5.97 Å². The van der Waals surface area contributed by atoms with E-state index in [4.69, 9.17) is 5.11 Å². The maximum atomic E-state index is 11.5. The van der Waals surface area contributed by atoms with Crippen molar-refractivity contribution in [2.24, 2.45) is 0 Å². The smallest absolute Gasteiger partial charge is 0.305 e. The van der Waals surface area contributed by atoms with Gasteiger partial charge in [-0.1, -0.05) is 12.1 Å². The molecule has 5 nitrogen and oxygen atoms in total. The third kappa shape index (κ3) is 5.90. The van der Waals surface area contributed by atoms with E-state index in [2.05, 4.69) is 5.32 Å². The lowest BCUT2D eigenvalue weighted by molar-refractivity contribution is -0.136. The van der Waals surface area contributed by atoms with Gasteiger partial charge < -0.3 is 15.3 Å². The van der Waals surface area contributed by atoms with Crippen molar-refractivity contribution in [1.29, 1.82) is 0 Å². The van der Waals surface area contributed by atoms with Crippen molar-refractivity contribution in [1.82, 2.24) is 5.32 Å². The van der Waals surface area contributed by atoms with Gasteiger partial charge in [0.25, 0.3) is 0 Å². The molecule has 0 unspecified atom stereocenters. The number of anilines is 1. The Bertz CT molecular complexity index is 427. The minimum Gasteiger partial charge on any atom is -0.481 e. The van der Waals surface area contributed by atoms with Crippen LogP contribution in [-0.2, 0) is 16.0 Å². The first-order valence-corrected chi connectivity index (χ1v) is 6.24. The molecule has 1 aromatic carbocycles. The minimum absolute atomic E-state index is 0.0384. The van der Waals surface area contributed by atoms with Crippen LogP contribution in [0.5, 0.6) is 0 Å². The molecule has 0 atom stereocenters. The van der Waals surface area contributed by atoms with Gasteiger partial charge in [0.2, 0.25) is 5.91 Å². The quantitative estimate of drug-likeness (QED) is 0.778. The number of nitrogens with one attached hydrogen (secondary N) is 1. The summed E-state index contributed by atoms with van der Waals surface area (Å²) in [5, 5.41) is 11.0. The summed E-state index contributed by atoms with van der Waals surface area (Å²) in [6.07, 6.45) is 0.997. The normalized spacial score (nSPS) is 10.0. The van der Waals surface area contributed by atoms with E-state index in [0.717, 1.165) is 11.3 Å². The van der Waals surface area contributed by atoms with Gasteiger partial charge in [-0.05, 0) is 24.1 Å². The number of hydrogen-bond acceptors (Lipinski definition) is 3. The number of hydrogen-bond donors (Lipinski definition) is 2. The second-order valence-corrected chi connectivity index (χ2v) is 4.55. The van der Waals surface area contributed by atoms with E-state index in [1.165, 1.54) is 0 Å². The minimum atomic E-state index is -0.903. The van der Waals surface area contributed by atoms with E-state index in [0.29, 0.717) is 12.8 Å². The summed E-state index contributed by atoms with van der Waals surface area (Å²) in [6.45, 7) is 0.188. The van der Waals surface area contributed by atoms with Gasteiger partial charge in [-0.2, -0.15) is 0 Å². The molecular weight excluding hydrogens is 244 g/mol. The van der Waals surface area contributed by atoms with E-state index in [1.807, 2.05) is 43.3 Å². The lowest BCUT2D eigenvalue weighted by atomic mass is 10.1. The van der Waals surface area contributed by atoms with E-state index < -0.39 is 5.97 Å². The SMILES string of the molecule is CN(C)c1ccc(CCC(=O)NCCC(=O)O)cc1. The van der Waals surface area contributed by atoms with Crippen LogP contribution in [0.15, 0.2) is 24.3 Å². The molecular formula is C14H20N2O3. The van der Waals surface area contributed by atoms with Crippen LogP contribution in [-0.4, -0.2) is 37.6 Å². The molecule has 0 radical (unpaired) electrons. The van der Waals surface area contributed by atoms with Gasteiger partial charge in [-0.15, -0.1) is 0 Å². The van der Waals surface area contributed by atoms with Gasteiger partial charge in [0.15, 0.2) is 0 Å². The first-order valence-electron chi connectivity index (χ1n) is 6.24.